The van der Waals surface area contributed by atoms with Gasteiger partial charge in [-0.25, -0.2) is 4.79 Å². The smallest absolute Gasteiger partial charge is 0.337 e. The highest BCUT2D eigenvalue weighted by Gasteiger charge is 2.47. The van der Waals surface area contributed by atoms with E-state index in [1.54, 1.807) is 6.26 Å². The summed E-state index contributed by atoms with van der Waals surface area (Å²) in [7, 11) is 2.95. The highest BCUT2D eigenvalue weighted by atomic mass is 16.5. The average Bonchev–Trinajstić information content (AvgIpc) is 3.75. The van der Waals surface area contributed by atoms with E-state index in [1.165, 1.54) is 42.0 Å². The molecule has 0 aliphatic carbocycles. The zero-order valence-electron chi connectivity index (χ0n) is 29.7. The molecule has 0 unspecified atom stereocenters. The molecule has 7 heterocycles. The summed E-state index contributed by atoms with van der Waals surface area (Å²) in [5.41, 5.74) is 10.2. The molecule has 51 heavy (non-hydrogen) atoms. The van der Waals surface area contributed by atoms with E-state index in [-0.39, 0.29) is 47.8 Å². The van der Waals surface area contributed by atoms with Crippen LogP contribution in [0.4, 0.5) is 0 Å². The van der Waals surface area contributed by atoms with Gasteiger partial charge in [-0.1, -0.05) is 48.0 Å². The first-order valence-corrected chi connectivity index (χ1v) is 18.3. The predicted molar refractivity (Wildman–Crippen MR) is 195 cm³/mol. The summed E-state index contributed by atoms with van der Waals surface area (Å²) >= 11 is 0. The number of aromatic amines is 2. The summed E-state index contributed by atoms with van der Waals surface area (Å²) < 4.78 is 19.2. The Morgan fingerprint density at radius 2 is 1.82 bits per heavy atom. The van der Waals surface area contributed by atoms with Crippen molar-refractivity contribution in [2.75, 3.05) is 27.3 Å². The molecule has 5 aromatic rings. The number of nitrogens with zero attached hydrogens (tertiary/aromatic N) is 2. The number of para-hydroxylation sites is 2. The molecular formula is C42H45N4O5+. The third-order valence-corrected chi connectivity index (χ3v) is 12.6. The fraction of sp³-hybridized carbons (Fsp3) is 0.405. The second kappa shape index (κ2) is 12.4. The Kier molecular flexibility index (Phi) is 7.80. The number of carbonyl (C=O) groups excluding carboxylic acids is 2. The molecule has 4 aliphatic rings. The largest absolute Gasteiger partial charge is 0.497 e. The standard InChI is InChI=1S/C42H44N4O5/c1-5-24-19-45-15-14-27-26-10-6-8-12-34(26)43-39(27)36(45)17-29(24)31(41(47)49-3)16-25-20-46-21-32-23(2)51-22-33(42(48)50-4)30(32)18-37(46)40-38(25)28-11-7-9-13-35(28)44-40/h5-13,20,22-23,29-32,36,43H,14-19,21H2,1-4H3/p+1/b24-5-/t23-,29-,30-,31-,32-,36-/m0/s1. The number of hydrogen-bond acceptors (Lipinski definition) is 6. The quantitative estimate of drug-likeness (QED) is 0.129. The van der Waals surface area contributed by atoms with Crippen molar-refractivity contribution in [3.8, 4) is 0 Å². The molecule has 9 nitrogen and oxygen atoms in total. The predicted octanol–water partition coefficient (Wildman–Crippen LogP) is 6.25. The highest BCUT2D eigenvalue weighted by Crippen LogP contribution is 2.47. The van der Waals surface area contributed by atoms with Gasteiger partial charge in [0.1, 0.15) is 11.6 Å². The van der Waals surface area contributed by atoms with Gasteiger partial charge in [0.25, 0.3) is 0 Å². The lowest BCUT2D eigenvalue weighted by atomic mass is 9.73. The van der Waals surface area contributed by atoms with E-state index in [0.29, 0.717) is 25.0 Å². The minimum absolute atomic E-state index is 0.0167. The molecule has 6 atom stereocenters. The summed E-state index contributed by atoms with van der Waals surface area (Å²) in [5, 5.41) is 3.59. The number of rotatable bonds is 5. The van der Waals surface area contributed by atoms with E-state index in [1.807, 2.05) is 0 Å². The van der Waals surface area contributed by atoms with Crippen molar-refractivity contribution in [1.29, 1.82) is 0 Å². The second-order valence-corrected chi connectivity index (χ2v) is 14.9. The van der Waals surface area contributed by atoms with E-state index in [9.17, 15) is 9.59 Å². The summed E-state index contributed by atoms with van der Waals surface area (Å²) in [6, 6.07) is 17.2. The minimum Gasteiger partial charge on any atom is -0.497 e. The Balaban J connectivity index is 1.15. The van der Waals surface area contributed by atoms with Crippen LogP contribution in [0.15, 0.2) is 78.2 Å². The molecule has 0 amide bonds. The fourth-order valence-corrected chi connectivity index (χ4v) is 9.99. The molecular weight excluding hydrogens is 640 g/mol. The summed E-state index contributed by atoms with van der Waals surface area (Å²) in [6.45, 7) is 6.73. The van der Waals surface area contributed by atoms with E-state index in [0.717, 1.165) is 59.0 Å². The summed E-state index contributed by atoms with van der Waals surface area (Å²) in [4.78, 5) is 37.1. The number of ether oxygens (including phenoxy) is 3. The zero-order valence-corrected chi connectivity index (χ0v) is 29.7. The first kappa shape index (κ1) is 32.0. The van der Waals surface area contributed by atoms with Gasteiger partial charge in [0.05, 0.1) is 43.9 Å². The summed E-state index contributed by atoms with van der Waals surface area (Å²) in [6.07, 6.45) is 9.15. The number of piperidine rings is 1. The van der Waals surface area contributed by atoms with Crippen LogP contribution in [-0.4, -0.2) is 60.2 Å². The lowest BCUT2D eigenvalue weighted by Gasteiger charge is -2.45. The molecule has 0 bridgehead atoms. The van der Waals surface area contributed by atoms with Crippen LogP contribution in [0.5, 0.6) is 0 Å². The van der Waals surface area contributed by atoms with E-state index < -0.39 is 0 Å². The number of H-pyrrole nitrogens is 2. The molecule has 4 aliphatic heterocycles. The number of carbonyl (C=O) groups is 2. The molecule has 1 saturated heterocycles. The van der Waals surface area contributed by atoms with Crippen LogP contribution in [0.3, 0.4) is 0 Å². The van der Waals surface area contributed by atoms with Gasteiger partial charge in [0, 0.05) is 63.9 Å². The van der Waals surface area contributed by atoms with Crippen molar-refractivity contribution in [3.05, 3.63) is 101 Å². The van der Waals surface area contributed by atoms with E-state index in [2.05, 4.69) is 94.1 Å². The maximum absolute atomic E-state index is 14.1. The Morgan fingerprint density at radius 1 is 1.06 bits per heavy atom. The van der Waals surface area contributed by atoms with Gasteiger partial charge in [-0.15, -0.1) is 0 Å². The lowest BCUT2D eigenvalue weighted by Crippen LogP contribution is -2.54. The van der Waals surface area contributed by atoms with Gasteiger partial charge in [-0.2, -0.15) is 4.57 Å². The number of fused-ring (bicyclic) bond motifs is 11. The van der Waals surface area contributed by atoms with Gasteiger partial charge in [0.2, 0.25) is 5.69 Å². The SMILES string of the molecule is C/C=C1/CN2CCc3c([nH]c4ccccc34)[C@@H]2C[C@@H]1[C@H](Cc1c[n+]2c(c3[nH]c4ccccc4c13)C[C@@H]1C(C(=O)OC)=CO[C@@H](C)[C@@H]1C2)C(=O)OC. The molecule has 2 aromatic carbocycles. The van der Waals surface area contributed by atoms with Crippen molar-refractivity contribution in [1.82, 2.24) is 14.9 Å². The van der Waals surface area contributed by atoms with Crippen LogP contribution >= 0.6 is 0 Å². The number of benzene rings is 2. The van der Waals surface area contributed by atoms with Crippen LogP contribution in [-0.2, 0) is 49.6 Å². The number of hydrogen-bond donors (Lipinski definition) is 2. The maximum Gasteiger partial charge on any atom is 0.337 e. The number of nitrogens with one attached hydrogen (secondary N) is 2. The Labute approximate surface area is 297 Å². The number of allylic oxidation sites excluding steroid dienone is 1. The first-order chi connectivity index (χ1) is 24.9. The van der Waals surface area contributed by atoms with Crippen molar-refractivity contribution in [3.63, 3.8) is 0 Å². The van der Waals surface area contributed by atoms with Gasteiger partial charge in [0.15, 0.2) is 12.7 Å². The second-order valence-electron chi connectivity index (χ2n) is 14.9. The molecule has 0 radical (unpaired) electrons. The monoisotopic (exact) mass is 685 g/mol. The Bertz CT molecular complexity index is 2280. The average molecular weight is 686 g/mol. The molecule has 0 spiro atoms. The topological polar surface area (TPSA) is 101 Å². The first-order valence-electron chi connectivity index (χ1n) is 18.3. The van der Waals surface area contributed by atoms with Crippen molar-refractivity contribution < 1.29 is 28.4 Å². The van der Waals surface area contributed by atoms with Crippen LogP contribution in [0.2, 0.25) is 0 Å². The molecule has 0 saturated carbocycles. The zero-order chi connectivity index (χ0) is 35.0. The number of pyridine rings is 1. The Morgan fingerprint density at radius 3 is 2.59 bits per heavy atom. The maximum atomic E-state index is 14.1. The van der Waals surface area contributed by atoms with Gasteiger partial charge in [-0.3, -0.25) is 9.69 Å². The van der Waals surface area contributed by atoms with E-state index in [4.69, 9.17) is 14.2 Å². The molecule has 9 rings (SSSR count). The number of esters is 2. The normalized spacial score (nSPS) is 25.8. The van der Waals surface area contributed by atoms with Crippen molar-refractivity contribution >= 4 is 44.6 Å². The molecule has 3 aromatic heterocycles. The number of methoxy groups -OCH3 is 2. The fourth-order valence-electron chi connectivity index (χ4n) is 9.99. The highest BCUT2D eigenvalue weighted by molar-refractivity contribution is 6.09. The van der Waals surface area contributed by atoms with Gasteiger partial charge < -0.3 is 24.2 Å². The lowest BCUT2D eigenvalue weighted by molar-refractivity contribution is -0.718. The van der Waals surface area contributed by atoms with Crippen molar-refractivity contribution in [2.45, 2.75) is 58.2 Å². The van der Waals surface area contributed by atoms with E-state index >= 15 is 0 Å². The minimum atomic E-state index is -0.365. The van der Waals surface area contributed by atoms with Crippen LogP contribution in [0.25, 0.3) is 32.7 Å². The molecule has 2 N–H and O–H groups in total. The molecule has 1 fully saturated rings. The third-order valence-electron chi connectivity index (χ3n) is 12.6. The van der Waals surface area contributed by atoms with Gasteiger partial charge >= 0.3 is 11.9 Å². The Hall–Kier alpha value is -4.89. The van der Waals surface area contributed by atoms with Crippen LogP contribution in [0, 0.1) is 23.7 Å². The third kappa shape index (κ3) is 5.03. The van der Waals surface area contributed by atoms with Crippen molar-refractivity contribution in [2.24, 2.45) is 23.7 Å². The summed E-state index contributed by atoms with van der Waals surface area (Å²) in [5.74, 6) is -0.764. The van der Waals surface area contributed by atoms with Crippen LogP contribution < -0.4 is 4.57 Å². The van der Waals surface area contributed by atoms with Gasteiger partial charge in [-0.05, 0) is 56.7 Å². The number of aromatic nitrogens is 3. The molecule has 9 heteroatoms. The van der Waals surface area contributed by atoms with Crippen LogP contribution in [0.1, 0.15) is 48.8 Å². The molecule has 262 valence electrons.